The number of ketones is 1. The molecule has 4 rings (SSSR count). The van der Waals surface area contributed by atoms with E-state index in [4.69, 9.17) is 9.47 Å². The predicted octanol–water partition coefficient (Wildman–Crippen LogP) is 6.05. The minimum absolute atomic E-state index is 0.0902. The van der Waals surface area contributed by atoms with Crippen molar-refractivity contribution in [3.05, 3.63) is 71.4 Å². The minimum atomic E-state index is -0.479. The van der Waals surface area contributed by atoms with Crippen LogP contribution in [-0.4, -0.2) is 22.6 Å². The van der Waals surface area contributed by atoms with Gasteiger partial charge in [0.2, 0.25) is 0 Å². The molecule has 0 fully saturated rings. The molecule has 30 heavy (non-hydrogen) atoms. The van der Waals surface area contributed by atoms with Crippen molar-refractivity contribution in [3.63, 3.8) is 0 Å². The van der Waals surface area contributed by atoms with Crippen LogP contribution in [0.3, 0.4) is 0 Å². The largest absolute Gasteiger partial charge is 0.493 e. The Labute approximate surface area is 177 Å². The molecule has 3 aromatic rings. The normalized spacial score (nSPS) is 14.7. The molecule has 1 aliphatic rings. The van der Waals surface area contributed by atoms with Crippen LogP contribution in [0.2, 0.25) is 0 Å². The van der Waals surface area contributed by atoms with Crippen LogP contribution in [0.25, 0.3) is 23.1 Å². The topological polar surface area (TPSA) is 40.5 Å². The van der Waals surface area contributed by atoms with Crippen molar-refractivity contribution in [1.29, 1.82) is 0 Å². The molecule has 2 aromatic carbocycles. The average Bonchev–Trinajstić information content (AvgIpc) is 3.09. The predicted molar refractivity (Wildman–Crippen MR) is 122 cm³/mol. The van der Waals surface area contributed by atoms with Crippen molar-refractivity contribution in [1.82, 2.24) is 4.57 Å². The SMILES string of the molecule is CCCOc1ccc(C(=O)/C=C/c2ccc3c(ccn3C)c2)c2c1C=CC(C)(C)O2. The van der Waals surface area contributed by atoms with Crippen molar-refractivity contribution in [2.45, 2.75) is 32.8 Å². The fraction of sp³-hybridized carbons (Fsp3) is 0.269. The number of ether oxygens (including phenoxy) is 2. The summed E-state index contributed by atoms with van der Waals surface area (Å²) < 4.78 is 14.1. The summed E-state index contributed by atoms with van der Waals surface area (Å²) in [6.07, 6.45) is 10.4. The minimum Gasteiger partial charge on any atom is -0.493 e. The van der Waals surface area contributed by atoms with Crippen LogP contribution in [0.1, 0.15) is 48.7 Å². The van der Waals surface area contributed by atoms with Gasteiger partial charge in [-0.15, -0.1) is 0 Å². The Morgan fingerprint density at radius 3 is 2.83 bits per heavy atom. The van der Waals surface area contributed by atoms with Crippen LogP contribution in [0.15, 0.2) is 54.7 Å². The Morgan fingerprint density at radius 2 is 2.03 bits per heavy atom. The molecule has 4 nitrogen and oxygen atoms in total. The van der Waals surface area contributed by atoms with Crippen LogP contribution in [-0.2, 0) is 7.05 Å². The van der Waals surface area contributed by atoms with Gasteiger partial charge in [0, 0.05) is 24.1 Å². The molecule has 0 unspecified atom stereocenters. The molecule has 1 aromatic heterocycles. The van der Waals surface area contributed by atoms with Crippen LogP contribution < -0.4 is 9.47 Å². The molecule has 0 amide bonds. The molecule has 0 aliphatic carbocycles. The zero-order chi connectivity index (χ0) is 21.3. The second-order valence-corrected chi connectivity index (χ2v) is 8.18. The highest BCUT2D eigenvalue weighted by atomic mass is 16.5. The maximum absolute atomic E-state index is 13.1. The van der Waals surface area contributed by atoms with Crippen molar-refractivity contribution in [2.24, 2.45) is 7.05 Å². The van der Waals surface area contributed by atoms with E-state index in [-0.39, 0.29) is 5.78 Å². The summed E-state index contributed by atoms with van der Waals surface area (Å²) in [5, 5.41) is 1.15. The highest BCUT2D eigenvalue weighted by Crippen LogP contribution is 2.40. The monoisotopic (exact) mass is 401 g/mol. The van der Waals surface area contributed by atoms with E-state index in [0.717, 1.165) is 34.2 Å². The lowest BCUT2D eigenvalue weighted by Gasteiger charge is -2.30. The quantitative estimate of drug-likeness (QED) is 0.373. The molecule has 0 bridgehead atoms. The van der Waals surface area contributed by atoms with Gasteiger partial charge >= 0.3 is 0 Å². The van der Waals surface area contributed by atoms with Gasteiger partial charge in [-0.2, -0.15) is 0 Å². The van der Waals surface area contributed by atoms with E-state index in [0.29, 0.717) is 17.9 Å². The summed E-state index contributed by atoms with van der Waals surface area (Å²) in [5.41, 5.74) is 3.04. The second kappa shape index (κ2) is 7.86. The Bertz CT molecular complexity index is 1160. The van der Waals surface area contributed by atoms with E-state index in [1.54, 1.807) is 12.1 Å². The van der Waals surface area contributed by atoms with Crippen molar-refractivity contribution in [2.75, 3.05) is 6.61 Å². The van der Waals surface area contributed by atoms with E-state index in [9.17, 15) is 4.79 Å². The average molecular weight is 402 g/mol. The van der Waals surface area contributed by atoms with Crippen LogP contribution in [0.5, 0.6) is 11.5 Å². The summed E-state index contributed by atoms with van der Waals surface area (Å²) in [7, 11) is 2.02. The van der Waals surface area contributed by atoms with Gasteiger partial charge in [0.05, 0.1) is 17.7 Å². The van der Waals surface area contributed by atoms with Crippen LogP contribution >= 0.6 is 0 Å². The number of fused-ring (bicyclic) bond motifs is 2. The summed E-state index contributed by atoms with van der Waals surface area (Å²) in [6.45, 7) is 6.65. The summed E-state index contributed by atoms with van der Waals surface area (Å²) >= 11 is 0. The standard InChI is InChI=1S/C26H27NO3/c1-5-16-29-24-11-8-20(25-21(24)12-14-26(2,3)30-25)23(28)10-7-18-6-9-22-19(17-18)13-15-27(22)4/h6-15,17H,5,16H2,1-4H3/b10-7+. The Morgan fingerprint density at radius 1 is 1.20 bits per heavy atom. The number of carbonyl (C=O) groups excluding carboxylic acids is 1. The van der Waals surface area contributed by atoms with Gasteiger partial charge in [-0.05, 0) is 74.4 Å². The first-order chi connectivity index (χ1) is 14.4. The summed E-state index contributed by atoms with van der Waals surface area (Å²) in [5.74, 6) is 1.24. The summed E-state index contributed by atoms with van der Waals surface area (Å²) in [4.78, 5) is 13.1. The second-order valence-electron chi connectivity index (χ2n) is 8.18. The van der Waals surface area contributed by atoms with Gasteiger partial charge in [-0.3, -0.25) is 4.79 Å². The molecule has 0 saturated carbocycles. The fourth-order valence-electron chi connectivity index (χ4n) is 3.63. The van der Waals surface area contributed by atoms with Crippen molar-refractivity contribution >= 4 is 28.8 Å². The third-order valence-electron chi connectivity index (χ3n) is 5.24. The maximum Gasteiger partial charge on any atom is 0.189 e. The van der Waals surface area contributed by atoms with E-state index in [1.165, 1.54) is 0 Å². The highest BCUT2D eigenvalue weighted by molar-refractivity contribution is 6.09. The molecule has 4 heteroatoms. The number of hydrogen-bond acceptors (Lipinski definition) is 3. The Balaban J connectivity index is 1.66. The summed E-state index contributed by atoms with van der Waals surface area (Å²) in [6, 6.07) is 11.9. The van der Waals surface area contributed by atoms with E-state index >= 15 is 0 Å². The van der Waals surface area contributed by atoms with Gasteiger partial charge in [0.1, 0.15) is 17.1 Å². The molecule has 2 heterocycles. The third-order valence-corrected chi connectivity index (χ3v) is 5.24. The lowest BCUT2D eigenvalue weighted by molar-refractivity contribution is 0.103. The van der Waals surface area contributed by atoms with Gasteiger partial charge in [-0.1, -0.05) is 19.1 Å². The lowest BCUT2D eigenvalue weighted by atomic mass is 9.97. The number of hydrogen-bond donors (Lipinski definition) is 0. The zero-order valence-corrected chi connectivity index (χ0v) is 17.9. The van der Waals surface area contributed by atoms with Gasteiger partial charge in [0.25, 0.3) is 0 Å². The smallest absolute Gasteiger partial charge is 0.189 e. The number of nitrogens with zero attached hydrogens (tertiary/aromatic N) is 1. The molecule has 0 N–H and O–H groups in total. The molecular weight excluding hydrogens is 374 g/mol. The van der Waals surface area contributed by atoms with E-state index in [2.05, 4.69) is 29.7 Å². The van der Waals surface area contributed by atoms with Crippen LogP contribution in [0, 0.1) is 0 Å². The number of carbonyl (C=O) groups is 1. The molecule has 0 atom stereocenters. The number of allylic oxidation sites excluding steroid dienone is 1. The molecular formula is C26H27NO3. The number of aromatic nitrogens is 1. The molecule has 0 radical (unpaired) electrons. The molecule has 154 valence electrons. The zero-order valence-electron chi connectivity index (χ0n) is 17.9. The first-order valence-electron chi connectivity index (χ1n) is 10.3. The Hall–Kier alpha value is -3.27. The van der Waals surface area contributed by atoms with Crippen molar-refractivity contribution < 1.29 is 14.3 Å². The molecule has 1 aliphatic heterocycles. The lowest BCUT2D eigenvalue weighted by Crippen LogP contribution is -2.28. The van der Waals surface area contributed by atoms with Crippen LogP contribution in [0.4, 0.5) is 0 Å². The number of aryl methyl sites for hydroxylation is 1. The molecule has 0 spiro atoms. The van der Waals surface area contributed by atoms with E-state index in [1.807, 2.05) is 57.5 Å². The highest BCUT2D eigenvalue weighted by Gasteiger charge is 2.27. The van der Waals surface area contributed by atoms with Gasteiger partial charge < -0.3 is 14.0 Å². The Kier molecular flexibility index (Phi) is 5.25. The third kappa shape index (κ3) is 3.90. The number of benzene rings is 2. The van der Waals surface area contributed by atoms with Gasteiger partial charge in [-0.25, -0.2) is 0 Å². The number of rotatable bonds is 6. The van der Waals surface area contributed by atoms with Gasteiger partial charge in [0.15, 0.2) is 5.78 Å². The fourth-order valence-corrected chi connectivity index (χ4v) is 3.63. The molecule has 0 saturated heterocycles. The first kappa shape index (κ1) is 20.0. The van der Waals surface area contributed by atoms with E-state index < -0.39 is 5.60 Å². The first-order valence-corrected chi connectivity index (χ1v) is 10.3. The maximum atomic E-state index is 13.1. The van der Waals surface area contributed by atoms with Crippen molar-refractivity contribution in [3.8, 4) is 11.5 Å².